The van der Waals surface area contributed by atoms with Crippen LogP contribution >= 0.6 is 0 Å². The molecule has 1 heterocycles. The van der Waals surface area contributed by atoms with Crippen molar-refractivity contribution in [2.75, 3.05) is 12.8 Å². The number of hydrogen-bond donors (Lipinski definition) is 1. The van der Waals surface area contributed by atoms with Gasteiger partial charge in [0.05, 0.1) is 30.0 Å². The number of methoxy groups -OCH3 is 1. The van der Waals surface area contributed by atoms with Crippen LogP contribution in [0.2, 0.25) is 0 Å². The highest BCUT2D eigenvalue weighted by molar-refractivity contribution is 6.09. The molecule has 3 rings (SSSR count). The van der Waals surface area contributed by atoms with E-state index in [1.165, 1.54) is 0 Å². The van der Waals surface area contributed by atoms with Crippen LogP contribution < -0.4 is 15.2 Å². The third kappa shape index (κ3) is 3.30. The van der Waals surface area contributed by atoms with Crippen molar-refractivity contribution in [1.29, 1.82) is 10.5 Å². The molecule has 2 N–H and O–H groups in total. The van der Waals surface area contributed by atoms with Crippen LogP contribution in [-0.4, -0.2) is 18.2 Å². The number of nitrogen functional groups attached to an aromatic ring is 1. The van der Waals surface area contributed by atoms with E-state index in [9.17, 15) is 10.5 Å². The normalized spacial score (nSPS) is 14.0. The highest BCUT2D eigenvalue weighted by atomic mass is 16.5. The molecule has 1 aliphatic rings. The molecule has 0 saturated carbocycles. The molecule has 6 nitrogen and oxygen atoms in total. The van der Waals surface area contributed by atoms with E-state index < -0.39 is 0 Å². The number of hydrogen-bond acceptors (Lipinski definition) is 6. The van der Waals surface area contributed by atoms with Gasteiger partial charge in [0.2, 0.25) is 0 Å². The van der Waals surface area contributed by atoms with Crippen molar-refractivity contribution in [3.8, 4) is 23.6 Å². The highest BCUT2D eigenvalue weighted by Gasteiger charge is 2.30. The topological polar surface area (TPSA) is 105 Å². The van der Waals surface area contributed by atoms with Gasteiger partial charge in [-0.2, -0.15) is 10.5 Å². The predicted molar refractivity (Wildman–Crippen MR) is 113 cm³/mol. The summed E-state index contributed by atoms with van der Waals surface area (Å²) in [6.45, 7) is 7.59. The maximum Gasteiger partial charge on any atom is 0.168 e. The van der Waals surface area contributed by atoms with Crippen LogP contribution in [0.3, 0.4) is 0 Å². The van der Waals surface area contributed by atoms with Crippen LogP contribution in [0.1, 0.15) is 48.7 Å². The van der Waals surface area contributed by atoms with Crippen molar-refractivity contribution in [3.63, 3.8) is 0 Å². The van der Waals surface area contributed by atoms with E-state index in [0.29, 0.717) is 33.9 Å². The number of nitrogens with zero attached hydrogens (tertiary/aromatic N) is 3. The van der Waals surface area contributed by atoms with Crippen LogP contribution in [0.5, 0.6) is 11.5 Å². The summed E-state index contributed by atoms with van der Waals surface area (Å²) >= 11 is 0. The van der Waals surface area contributed by atoms with Crippen LogP contribution in [0.4, 0.5) is 5.82 Å². The molecule has 0 fully saturated rings. The first-order chi connectivity index (χ1) is 13.8. The Balaban J connectivity index is 2.32. The van der Waals surface area contributed by atoms with Gasteiger partial charge in [-0.25, -0.2) is 4.98 Å². The molecule has 0 bridgehead atoms. The largest absolute Gasteiger partial charge is 0.493 e. The second kappa shape index (κ2) is 7.69. The Bertz CT molecular complexity index is 1140. The lowest BCUT2D eigenvalue weighted by atomic mass is 9.95. The molecule has 1 aromatic heterocycles. The molecule has 0 saturated heterocycles. The number of pyridine rings is 1. The monoisotopic (exact) mass is 386 g/mol. The lowest BCUT2D eigenvalue weighted by Crippen LogP contribution is -2.08. The third-order valence-corrected chi connectivity index (χ3v) is 4.87. The molecule has 6 heteroatoms. The highest BCUT2D eigenvalue weighted by Crippen LogP contribution is 2.45. The quantitative estimate of drug-likeness (QED) is 0.830. The first-order valence-electron chi connectivity index (χ1n) is 9.21. The van der Waals surface area contributed by atoms with Crippen molar-refractivity contribution < 1.29 is 9.47 Å². The number of benzene rings is 1. The van der Waals surface area contributed by atoms with E-state index in [2.05, 4.69) is 17.1 Å². The second-order valence-electron chi connectivity index (χ2n) is 7.05. The number of rotatable bonds is 4. The van der Waals surface area contributed by atoms with Gasteiger partial charge >= 0.3 is 0 Å². The maximum atomic E-state index is 9.71. The summed E-state index contributed by atoms with van der Waals surface area (Å²) in [5.41, 5.74) is 11.1. The van der Waals surface area contributed by atoms with Crippen molar-refractivity contribution in [2.45, 2.75) is 33.8 Å². The van der Waals surface area contributed by atoms with Gasteiger partial charge in [-0.1, -0.05) is 12.1 Å². The smallest absolute Gasteiger partial charge is 0.168 e. The number of allylic oxidation sites excluding steroid dienone is 3. The summed E-state index contributed by atoms with van der Waals surface area (Å²) in [6.07, 6.45) is 1.91. The first-order valence-corrected chi connectivity index (χ1v) is 9.21. The molecule has 1 aromatic carbocycles. The van der Waals surface area contributed by atoms with Gasteiger partial charge in [-0.15, -0.1) is 0 Å². The zero-order chi connectivity index (χ0) is 21.3. The SMILES string of the molecule is COc1cccc(/C=C2/C(C)=C(C#N)c3nc(N)c(C#N)c(C)c32)c1OC(C)C. The fourth-order valence-corrected chi connectivity index (χ4v) is 3.52. The molecule has 0 amide bonds. The van der Waals surface area contributed by atoms with Gasteiger partial charge in [-0.3, -0.25) is 0 Å². The summed E-state index contributed by atoms with van der Waals surface area (Å²) < 4.78 is 11.5. The summed E-state index contributed by atoms with van der Waals surface area (Å²) in [5, 5.41) is 19.2. The van der Waals surface area contributed by atoms with Crippen molar-refractivity contribution in [3.05, 3.63) is 51.7 Å². The Kier molecular flexibility index (Phi) is 5.30. The molecule has 2 aromatic rings. The van der Waals surface area contributed by atoms with E-state index in [-0.39, 0.29) is 11.9 Å². The molecule has 0 unspecified atom stereocenters. The number of anilines is 1. The number of nitriles is 2. The molecular formula is C23H22N4O2. The Morgan fingerprint density at radius 1 is 1.17 bits per heavy atom. The summed E-state index contributed by atoms with van der Waals surface area (Å²) in [7, 11) is 1.60. The van der Waals surface area contributed by atoms with Crippen molar-refractivity contribution in [1.82, 2.24) is 4.98 Å². The third-order valence-electron chi connectivity index (χ3n) is 4.87. The maximum absolute atomic E-state index is 9.71. The average Bonchev–Trinajstić information content (AvgIpc) is 2.93. The van der Waals surface area contributed by atoms with Gasteiger partial charge in [0, 0.05) is 11.1 Å². The summed E-state index contributed by atoms with van der Waals surface area (Å²) in [4.78, 5) is 4.36. The van der Waals surface area contributed by atoms with E-state index in [1.807, 2.05) is 52.0 Å². The Hall–Kier alpha value is -3.77. The van der Waals surface area contributed by atoms with Gasteiger partial charge in [0.25, 0.3) is 0 Å². The number of fused-ring (bicyclic) bond motifs is 1. The van der Waals surface area contributed by atoms with Crippen LogP contribution in [-0.2, 0) is 0 Å². The molecule has 146 valence electrons. The molecule has 29 heavy (non-hydrogen) atoms. The van der Waals surface area contributed by atoms with Crippen LogP contribution in [0.25, 0.3) is 17.2 Å². The lowest BCUT2D eigenvalue weighted by Gasteiger charge is -2.17. The second-order valence-corrected chi connectivity index (χ2v) is 7.05. The van der Waals surface area contributed by atoms with Crippen molar-refractivity contribution in [2.24, 2.45) is 0 Å². The number of ether oxygens (including phenoxy) is 2. The van der Waals surface area contributed by atoms with Crippen molar-refractivity contribution >= 4 is 23.0 Å². The number of aromatic nitrogens is 1. The number of nitrogens with two attached hydrogens (primary N) is 1. The summed E-state index contributed by atoms with van der Waals surface area (Å²) in [6, 6.07) is 10.00. The Morgan fingerprint density at radius 2 is 1.90 bits per heavy atom. The molecule has 0 radical (unpaired) electrons. The minimum atomic E-state index is -0.0426. The lowest BCUT2D eigenvalue weighted by molar-refractivity contribution is 0.229. The number of para-hydroxylation sites is 1. The van der Waals surface area contributed by atoms with Gasteiger partial charge in [0.1, 0.15) is 18.0 Å². The molecular weight excluding hydrogens is 364 g/mol. The van der Waals surface area contributed by atoms with Gasteiger partial charge in [-0.05, 0) is 56.5 Å². The van der Waals surface area contributed by atoms with Gasteiger partial charge < -0.3 is 15.2 Å². The molecule has 1 aliphatic carbocycles. The predicted octanol–water partition coefficient (Wildman–Crippen LogP) is 4.49. The van der Waals surface area contributed by atoms with E-state index in [4.69, 9.17) is 15.2 Å². The average molecular weight is 386 g/mol. The molecule has 0 spiro atoms. The standard InChI is InChI=1S/C23H22N4O2/c1-12(2)29-22-15(7-6-8-19(22)28-5)9-16-13(3)17(10-24)21-20(16)14(4)18(11-25)23(26)27-21/h6-9,12H,1-5H3,(H2,26,27)/b16-9-. The van der Waals surface area contributed by atoms with E-state index in [0.717, 1.165) is 22.3 Å². The minimum Gasteiger partial charge on any atom is -0.493 e. The minimum absolute atomic E-state index is 0.0426. The molecule has 0 aliphatic heterocycles. The first kappa shape index (κ1) is 20.0. The van der Waals surface area contributed by atoms with Crippen LogP contribution in [0, 0.1) is 29.6 Å². The Labute approximate surface area is 170 Å². The molecule has 0 atom stereocenters. The zero-order valence-corrected chi connectivity index (χ0v) is 17.1. The van der Waals surface area contributed by atoms with E-state index >= 15 is 0 Å². The fraction of sp³-hybridized carbons (Fsp3) is 0.261. The van der Waals surface area contributed by atoms with E-state index in [1.54, 1.807) is 7.11 Å². The summed E-state index contributed by atoms with van der Waals surface area (Å²) in [5.74, 6) is 1.38. The van der Waals surface area contributed by atoms with Crippen LogP contribution in [0.15, 0.2) is 23.8 Å². The Morgan fingerprint density at radius 3 is 2.48 bits per heavy atom. The zero-order valence-electron chi connectivity index (χ0n) is 17.1. The van der Waals surface area contributed by atoms with Gasteiger partial charge in [0.15, 0.2) is 11.5 Å². The fourth-order valence-electron chi connectivity index (χ4n) is 3.52.